The summed E-state index contributed by atoms with van der Waals surface area (Å²) in [6.07, 6.45) is 3.91. The van der Waals surface area contributed by atoms with Crippen LogP contribution in [0, 0.1) is 5.92 Å². The lowest BCUT2D eigenvalue weighted by Gasteiger charge is -2.02. The van der Waals surface area contributed by atoms with Gasteiger partial charge in [0.25, 0.3) is 0 Å². The number of aryl methyl sites for hydroxylation is 1. The molecule has 3 N–H and O–H groups in total. The summed E-state index contributed by atoms with van der Waals surface area (Å²) in [4.78, 5) is 4.43. The van der Waals surface area contributed by atoms with Crippen molar-refractivity contribution in [3.05, 3.63) is 11.6 Å². The van der Waals surface area contributed by atoms with E-state index in [4.69, 9.17) is 10.5 Å². The lowest BCUT2D eigenvalue weighted by Crippen LogP contribution is -2.05. The summed E-state index contributed by atoms with van der Waals surface area (Å²) in [7, 11) is 0. The standard InChI is InChI=1S/C10H18N4O/c11-4-1-2-9-12-10(14-13-9)6-8-3-5-15-7-8/h8H,1-7,11H2,(H,12,13,14). The Kier molecular flexibility index (Phi) is 3.69. The maximum absolute atomic E-state index is 5.43. The third kappa shape index (κ3) is 3.00. The van der Waals surface area contributed by atoms with Crippen molar-refractivity contribution in [1.82, 2.24) is 15.2 Å². The Morgan fingerprint density at radius 1 is 1.53 bits per heavy atom. The lowest BCUT2D eigenvalue weighted by molar-refractivity contribution is 0.185. The highest BCUT2D eigenvalue weighted by Gasteiger charge is 2.17. The zero-order valence-electron chi connectivity index (χ0n) is 8.91. The average molecular weight is 210 g/mol. The molecule has 1 aliphatic rings. The molecule has 0 bridgehead atoms. The van der Waals surface area contributed by atoms with Gasteiger partial charge in [-0.05, 0) is 25.3 Å². The number of hydrogen-bond donors (Lipinski definition) is 2. The molecular formula is C10H18N4O. The van der Waals surface area contributed by atoms with Gasteiger partial charge in [0.2, 0.25) is 0 Å². The number of rotatable bonds is 5. The second-order valence-corrected chi connectivity index (χ2v) is 4.02. The maximum atomic E-state index is 5.43. The van der Waals surface area contributed by atoms with Crippen molar-refractivity contribution < 1.29 is 4.74 Å². The van der Waals surface area contributed by atoms with Crippen LogP contribution in [0.1, 0.15) is 24.5 Å². The Labute approximate surface area is 89.4 Å². The smallest absolute Gasteiger partial charge is 0.150 e. The van der Waals surface area contributed by atoms with Gasteiger partial charge in [-0.3, -0.25) is 5.10 Å². The van der Waals surface area contributed by atoms with Crippen molar-refractivity contribution in [3.8, 4) is 0 Å². The normalized spacial score (nSPS) is 21.0. The fourth-order valence-corrected chi connectivity index (χ4v) is 1.82. The van der Waals surface area contributed by atoms with Crippen LogP contribution in [0.2, 0.25) is 0 Å². The van der Waals surface area contributed by atoms with Crippen molar-refractivity contribution in [3.63, 3.8) is 0 Å². The number of nitrogens with zero attached hydrogens (tertiary/aromatic N) is 2. The van der Waals surface area contributed by atoms with Gasteiger partial charge < -0.3 is 10.5 Å². The van der Waals surface area contributed by atoms with Crippen LogP contribution in [0.3, 0.4) is 0 Å². The lowest BCUT2D eigenvalue weighted by atomic mass is 10.1. The first kappa shape index (κ1) is 10.6. The van der Waals surface area contributed by atoms with Crippen LogP contribution >= 0.6 is 0 Å². The molecule has 0 aliphatic carbocycles. The molecule has 1 saturated heterocycles. The fourth-order valence-electron chi connectivity index (χ4n) is 1.82. The van der Waals surface area contributed by atoms with Gasteiger partial charge in [-0.25, -0.2) is 4.98 Å². The van der Waals surface area contributed by atoms with Gasteiger partial charge in [0.1, 0.15) is 5.82 Å². The van der Waals surface area contributed by atoms with Crippen molar-refractivity contribution in [2.24, 2.45) is 11.7 Å². The summed E-state index contributed by atoms with van der Waals surface area (Å²) < 4.78 is 5.32. The summed E-state index contributed by atoms with van der Waals surface area (Å²) >= 11 is 0. The molecule has 1 aromatic heterocycles. The molecule has 1 unspecified atom stereocenters. The van der Waals surface area contributed by atoms with E-state index >= 15 is 0 Å². The Morgan fingerprint density at radius 2 is 2.47 bits per heavy atom. The second kappa shape index (κ2) is 5.23. The zero-order chi connectivity index (χ0) is 10.5. The number of H-pyrrole nitrogens is 1. The van der Waals surface area contributed by atoms with Crippen LogP contribution in [-0.2, 0) is 17.6 Å². The molecule has 1 atom stereocenters. The van der Waals surface area contributed by atoms with E-state index in [1.54, 1.807) is 0 Å². The summed E-state index contributed by atoms with van der Waals surface area (Å²) in [5.74, 6) is 2.48. The molecule has 0 radical (unpaired) electrons. The number of nitrogens with one attached hydrogen (secondary N) is 1. The first-order chi connectivity index (χ1) is 7.38. The van der Waals surface area contributed by atoms with Gasteiger partial charge in [0.05, 0.1) is 0 Å². The van der Waals surface area contributed by atoms with Crippen LogP contribution in [0.4, 0.5) is 0 Å². The summed E-state index contributed by atoms with van der Waals surface area (Å²) in [5, 5.41) is 7.15. The first-order valence-corrected chi connectivity index (χ1v) is 5.56. The summed E-state index contributed by atoms with van der Waals surface area (Å²) in [5.41, 5.74) is 5.43. The van der Waals surface area contributed by atoms with Crippen LogP contribution < -0.4 is 5.73 Å². The Bertz CT molecular complexity index is 293. The molecule has 15 heavy (non-hydrogen) atoms. The van der Waals surface area contributed by atoms with Crippen molar-refractivity contribution in [2.45, 2.75) is 25.7 Å². The average Bonchev–Trinajstić information content (AvgIpc) is 2.87. The fraction of sp³-hybridized carbons (Fsp3) is 0.800. The van der Waals surface area contributed by atoms with Gasteiger partial charge in [-0.2, -0.15) is 5.10 Å². The molecule has 0 saturated carbocycles. The molecule has 84 valence electrons. The van der Waals surface area contributed by atoms with E-state index in [2.05, 4.69) is 15.2 Å². The highest BCUT2D eigenvalue weighted by Crippen LogP contribution is 2.16. The SMILES string of the molecule is NCCCc1n[nH]c(CC2CCOC2)n1. The predicted molar refractivity (Wildman–Crippen MR) is 56.4 cm³/mol. The zero-order valence-corrected chi connectivity index (χ0v) is 8.91. The largest absolute Gasteiger partial charge is 0.381 e. The highest BCUT2D eigenvalue weighted by atomic mass is 16.5. The Hall–Kier alpha value is -0.940. The third-order valence-electron chi connectivity index (χ3n) is 2.69. The monoisotopic (exact) mass is 210 g/mol. The molecule has 5 nitrogen and oxygen atoms in total. The van der Waals surface area contributed by atoms with E-state index in [1.165, 1.54) is 0 Å². The topological polar surface area (TPSA) is 76.8 Å². The van der Waals surface area contributed by atoms with Crippen LogP contribution in [0.5, 0.6) is 0 Å². The highest BCUT2D eigenvalue weighted by molar-refractivity contribution is 4.92. The number of hydrogen-bond acceptors (Lipinski definition) is 4. The predicted octanol–water partition coefficient (Wildman–Crippen LogP) is 0.275. The molecule has 1 aliphatic heterocycles. The quantitative estimate of drug-likeness (QED) is 0.731. The van der Waals surface area contributed by atoms with E-state index in [-0.39, 0.29) is 0 Å². The van der Waals surface area contributed by atoms with Crippen molar-refractivity contribution in [2.75, 3.05) is 19.8 Å². The first-order valence-electron chi connectivity index (χ1n) is 5.56. The minimum Gasteiger partial charge on any atom is -0.381 e. The Balaban J connectivity index is 1.83. The molecule has 2 heterocycles. The minimum atomic E-state index is 0.611. The van der Waals surface area contributed by atoms with E-state index in [0.717, 1.165) is 50.5 Å². The molecule has 5 heteroatoms. The molecule has 0 spiro atoms. The maximum Gasteiger partial charge on any atom is 0.150 e. The summed E-state index contributed by atoms with van der Waals surface area (Å²) in [6.45, 7) is 2.44. The van der Waals surface area contributed by atoms with Crippen LogP contribution in [0.15, 0.2) is 0 Å². The number of aromatic nitrogens is 3. The molecule has 0 aromatic carbocycles. The minimum absolute atomic E-state index is 0.611. The third-order valence-corrected chi connectivity index (χ3v) is 2.69. The van der Waals surface area contributed by atoms with E-state index in [9.17, 15) is 0 Å². The molecular weight excluding hydrogens is 192 g/mol. The van der Waals surface area contributed by atoms with Gasteiger partial charge in [-0.1, -0.05) is 0 Å². The van der Waals surface area contributed by atoms with Gasteiger partial charge in [0.15, 0.2) is 5.82 Å². The number of aromatic amines is 1. The Morgan fingerprint density at radius 3 is 3.20 bits per heavy atom. The van der Waals surface area contributed by atoms with Crippen molar-refractivity contribution >= 4 is 0 Å². The molecule has 1 fully saturated rings. The second-order valence-electron chi connectivity index (χ2n) is 4.02. The van der Waals surface area contributed by atoms with Crippen molar-refractivity contribution in [1.29, 1.82) is 0 Å². The van der Waals surface area contributed by atoms with Gasteiger partial charge in [0, 0.05) is 26.1 Å². The molecule has 1 aromatic rings. The van der Waals surface area contributed by atoms with E-state index in [0.29, 0.717) is 12.5 Å². The van der Waals surface area contributed by atoms with Gasteiger partial charge in [-0.15, -0.1) is 0 Å². The molecule has 2 rings (SSSR count). The number of ether oxygens (including phenoxy) is 1. The van der Waals surface area contributed by atoms with E-state index in [1.807, 2.05) is 0 Å². The molecule has 0 amide bonds. The van der Waals surface area contributed by atoms with Crippen LogP contribution in [-0.4, -0.2) is 34.9 Å². The number of nitrogens with two attached hydrogens (primary N) is 1. The van der Waals surface area contributed by atoms with Gasteiger partial charge >= 0.3 is 0 Å². The summed E-state index contributed by atoms with van der Waals surface area (Å²) in [6, 6.07) is 0. The van der Waals surface area contributed by atoms with Crippen LogP contribution in [0.25, 0.3) is 0 Å². The van der Waals surface area contributed by atoms with E-state index < -0.39 is 0 Å².